The van der Waals surface area contributed by atoms with Gasteiger partial charge in [-0.2, -0.15) is 0 Å². The molecule has 2 aromatic rings. The van der Waals surface area contributed by atoms with Crippen molar-refractivity contribution in [1.82, 2.24) is 0 Å². The van der Waals surface area contributed by atoms with Crippen molar-refractivity contribution in [2.24, 2.45) is 0 Å². The molecule has 0 heterocycles. The largest absolute Gasteiger partial charge is 0.497 e. The first kappa shape index (κ1) is 18.3. The lowest BCUT2D eigenvalue weighted by Gasteiger charge is -2.12. The number of anilines is 3. The summed E-state index contributed by atoms with van der Waals surface area (Å²) in [4.78, 5) is 23.7. The molecule has 0 bridgehead atoms. The second-order valence-corrected chi connectivity index (χ2v) is 5.57. The number of rotatable bonds is 7. The van der Waals surface area contributed by atoms with E-state index in [4.69, 9.17) is 4.74 Å². The summed E-state index contributed by atoms with van der Waals surface area (Å²) in [5.41, 5.74) is 3.07. The van der Waals surface area contributed by atoms with Crippen molar-refractivity contribution < 1.29 is 14.3 Å². The molecular weight excluding hydrogens is 318 g/mol. The van der Waals surface area contributed by atoms with E-state index in [2.05, 4.69) is 16.0 Å². The predicted molar refractivity (Wildman–Crippen MR) is 100 cm³/mol. The van der Waals surface area contributed by atoms with E-state index in [0.29, 0.717) is 17.8 Å². The van der Waals surface area contributed by atoms with Gasteiger partial charge in [0.05, 0.1) is 13.7 Å². The van der Waals surface area contributed by atoms with Crippen LogP contribution in [0.15, 0.2) is 42.5 Å². The third-order valence-electron chi connectivity index (χ3n) is 3.64. The van der Waals surface area contributed by atoms with Crippen LogP contribution in [0.4, 0.5) is 17.1 Å². The Morgan fingerprint density at radius 1 is 1.00 bits per heavy atom. The maximum atomic E-state index is 12.1. The number of ether oxygens (including phenoxy) is 1. The van der Waals surface area contributed by atoms with Gasteiger partial charge in [0.2, 0.25) is 11.8 Å². The summed E-state index contributed by atoms with van der Waals surface area (Å²) < 4.78 is 5.15. The van der Waals surface area contributed by atoms with Crippen LogP contribution >= 0.6 is 0 Å². The van der Waals surface area contributed by atoms with Gasteiger partial charge in [0, 0.05) is 29.5 Å². The van der Waals surface area contributed by atoms with Crippen molar-refractivity contribution in [2.75, 3.05) is 29.6 Å². The van der Waals surface area contributed by atoms with Crippen LogP contribution in [0, 0.1) is 6.92 Å². The Kier molecular flexibility index (Phi) is 6.39. The minimum absolute atomic E-state index is 0.0636. The fourth-order valence-corrected chi connectivity index (χ4v) is 2.19. The summed E-state index contributed by atoms with van der Waals surface area (Å²) in [5, 5.41) is 8.68. The monoisotopic (exact) mass is 341 g/mol. The number of nitrogens with one attached hydrogen (secondary N) is 3. The van der Waals surface area contributed by atoms with Gasteiger partial charge in [0.25, 0.3) is 0 Å². The van der Waals surface area contributed by atoms with Crippen LogP contribution in [0.2, 0.25) is 0 Å². The molecule has 2 aromatic carbocycles. The molecule has 0 atom stereocenters. The maximum absolute atomic E-state index is 12.1. The molecule has 0 saturated carbocycles. The molecule has 0 radical (unpaired) electrons. The summed E-state index contributed by atoms with van der Waals surface area (Å²) in [6.07, 6.45) is 0.403. The Balaban J connectivity index is 1.95. The second-order valence-electron chi connectivity index (χ2n) is 5.57. The fraction of sp³-hybridized carbons (Fsp3) is 0.263. The van der Waals surface area contributed by atoms with Crippen LogP contribution in [0.25, 0.3) is 0 Å². The Morgan fingerprint density at radius 3 is 2.52 bits per heavy atom. The summed E-state index contributed by atoms with van der Waals surface area (Å²) in [6.45, 7) is 3.82. The third kappa shape index (κ3) is 5.53. The lowest BCUT2D eigenvalue weighted by Crippen LogP contribution is -2.22. The van der Waals surface area contributed by atoms with Crippen molar-refractivity contribution in [3.8, 4) is 5.75 Å². The number of amides is 2. The average Bonchev–Trinajstić information content (AvgIpc) is 2.62. The van der Waals surface area contributed by atoms with E-state index in [1.165, 1.54) is 0 Å². The van der Waals surface area contributed by atoms with Gasteiger partial charge < -0.3 is 20.7 Å². The highest BCUT2D eigenvalue weighted by Crippen LogP contribution is 2.21. The van der Waals surface area contributed by atoms with Gasteiger partial charge in [-0.05, 0) is 36.8 Å². The van der Waals surface area contributed by atoms with Gasteiger partial charge in [-0.1, -0.05) is 19.1 Å². The zero-order valence-electron chi connectivity index (χ0n) is 14.7. The molecule has 25 heavy (non-hydrogen) atoms. The Hall–Kier alpha value is -3.02. The standard InChI is InChI=1S/C19H23N3O3/c1-4-18(23)22-17-11-15(9-8-13(17)2)21-19(24)12-20-14-6-5-7-16(10-14)25-3/h5-11,20H,4,12H2,1-3H3,(H,21,24)(H,22,23). The molecule has 0 aliphatic carbocycles. The van der Waals surface area contributed by atoms with Crippen molar-refractivity contribution >= 4 is 28.9 Å². The van der Waals surface area contributed by atoms with Crippen LogP contribution < -0.4 is 20.7 Å². The van der Waals surface area contributed by atoms with E-state index in [-0.39, 0.29) is 18.4 Å². The van der Waals surface area contributed by atoms with E-state index in [1.807, 2.05) is 37.3 Å². The quantitative estimate of drug-likeness (QED) is 0.721. The summed E-state index contributed by atoms with van der Waals surface area (Å²) in [7, 11) is 1.60. The van der Waals surface area contributed by atoms with E-state index in [0.717, 1.165) is 17.0 Å². The van der Waals surface area contributed by atoms with Gasteiger partial charge >= 0.3 is 0 Å². The molecule has 0 saturated heterocycles. The average molecular weight is 341 g/mol. The lowest BCUT2D eigenvalue weighted by atomic mass is 10.1. The number of aryl methyl sites for hydroxylation is 1. The van der Waals surface area contributed by atoms with Gasteiger partial charge in [0.1, 0.15) is 5.75 Å². The number of methoxy groups -OCH3 is 1. The Labute approximate surface area is 147 Å². The third-order valence-corrected chi connectivity index (χ3v) is 3.64. The molecule has 0 aromatic heterocycles. The summed E-state index contributed by atoms with van der Waals surface area (Å²) in [5.74, 6) is 0.478. The first-order valence-electron chi connectivity index (χ1n) is 8.10. The van der Waals surface area contributed by atoms with Gasteiger partial charge in [-0.3, -0.25) is 9.59 Å². The number of carbonyl (C=O) groups excluding carboxylic acids is 2. The van der Waals surface area contributed by atoms with E-state index >= 15 is 0 Å². The van der Waals surface area contributed by atoms with Gasteiger partial charge in [-0.15, -0.1) is 0 Å². The maximum Gasteiger partial charge on any atom is 0.243 e. The van der Waals surface area contributed by atoms with Crippen molar-refractivity contribution in [2.45, 2.75) is 20.3 Å². The molecule has 0 aliphatic heterocycles. The highest BCUT2D eigenvalue weighted by atomic mass is 16.5. The first-order valence-corrected chi connectivity index (χ1v) is 8.10. The van der Waals surface area contributed by atoms with Gasteiger partial charge in [-0.25, -0.2) is 0 Å². The minimum atomic E-state index is -0.181. The zero-order valence-corrected chi connectivity index (χ0v) is 14.7. The van der Waals surface area contributed by atoms with E-state index in [1.54, 1.807) is 26.2 Å². The van der Waals surface area contributed by atoms with Crippen LogP contribution in [0.3, 0.4) is 0 Å². The van der Waals surface area contributed by atoms with Gasteiger partial charge in [0.15, 0.2) is 0 Å². The van der Waals surface area contributed by atoms with E-state index < -0.39 is 0 Å². The van der Waals surface area contributed by atoms with Crippen LogP contribution in [-0.2, 0) is 9.59 Å². The normalized spacial score (nSPS) is 10.0. The van der Waals surface area contributed by atoms with Crippen molar-refractivity contribution in [3.63, 3.8) is 0 Å². The molecule has 0 unspecified atom stereocenters. The molecule has 0 spiro atoms. The SMILES string of the molecule is CCC(=O)Nc1cc(NC(=O)CNc2cccc(OC)c2)ccc1C. The summed E-state index contributed by atoms with van der Waals surface area (Å²) in [6, 6.07) is 12.8. The molecule has 0 fully saturated rings. The second kappa shape index (κ2) is 8.73. The lowest BCUT2D eigenvalue weighted by molar-refractivity contribution is -0.116. The number of carbonyl (C=O) groups is 2. The number of hydrogen-bond acceptors (Lipinski definition) is 4. The highest BCUT2D eigenvalue weighted by molar-refractivity contribution is 5.96. The fourth-order valence-electron chi connectivity index (χ4n) is 2.19. The highest BCUT2D eigenvalue weighted by Gasteiger charge is 2.07. The van der Waals surface area contributed by atoms with Crippen LogP contribution in [0.5, 0.6) is 5.75 Å². The van der Waals surface area contributed by atoms with E-state index in [9.17, 15) is 9.59 Å². The molecule has 2 rings (SSSR count). The molecule has 3 N–H and O–H groups in total. The number of benzene rings is 2. The molecule has 0 aliphatic rings. The smallest absolute Gasteiger partial charge is 0.243 e. The zero-order chi connectivity index (χ0) is 18.2. The van der Waals surface area contributed by atoms with Crippen LogP contribution in [-0.4, -0.2) is 25.5 Å². The molecule has 6 nitrogen and oxygen atoms in total. The molecular formula is C19H23N3O3. The first-order chi connectivity index (χ1) is 12.0. The van der Waals surface area contributed by atoms with Crippen molar-refractivity contribution in [3.05, 3.63) is 48.0 Å². The predicted octanol–water partition coefficient (Wildman–Crippen LogP) is 3.40. The topological polar surface area (TPSA) is 79.5 Å². The molecule has 6 heteroatoms. The molecule has 2 amide bonds. The molecule has 132 valence electrons. The van der Waals surface area contributed by atoms with Crippen molar-refractivity contribution in [1.29, 1.82) is 0 Å². The van der Waals surface area contributed by atoms with Crippen LogP contribution in [0.1, 0.15) is 18.9 Å². The summed E-state index contributed by atoms with van der Waals surface area (Å²) >= 11 is 0. The Bertz CT molecular complexity index is 759. The minimum Gasteiger partial charge on any atom is -0.497 e. The Morgan fingerprint density at radius 2 is 1.80 bits per heavy atom. The number of hydrogen-bond donors (Lipinski definition) is 3.